The first-order chi connectivity index (χ1) is 13.3. The van der Waals surface area contributed by atoms with Crippen LogP contribution in [0.1, 0.15) is 15.9 Å². The predicted molar refractivity (Wildman–Crippen MR) is 97.8 cm³/mol. The van der Waals surface area contributed by atoms with Crippen molar-refractivity contribution >= 4 is 21.6 Å². The molecule has 0 saturated heterocycles. The molecule has 3 aromatic rings. The van der Waals surface area contributed by atoms with Crippen molar-refractivity contribution in [3.8, 4) is 5.75 Å². The highest BCUT2D eigenvalue weighted by Crippen LogP contribution is 2.26. The lowest BCUT2D eigenvalue weighted by molar-refractivity contribution is 0.103. The number of anilines is 1. The molecule has 6 nitrogen and oxygen atoms in total. The number of rotatable bonds is 6. The Bertz CT molecular complexity index is 1130. The first-order valence-electron chi connectivity index (χ1n) is 7.93. The number of ketones is 1. The number of hydrogen-bond donors (Lipinski definition) is 1. The van der Waals surface area contributed by atoms with Crippen LogP contribution >= 0.6 is 0 Å². The standard InChI is InChI=1S/C19H14F2N2O4S/c1-27-16-6-2-3-7-17(16)28(25,26)23-19-15(5-4-8-22-19)18(24)12-9-13(20)11-14(21)10-12/h2-11H,1H3,(H,22,23). The molecule has 28 heavy (non-hydrogen) atoms. The second-order valence-electron chi connectivity index (χ2n) is 5.64. The average Bonchev–Trinajstić information content (AvgIpc) is 2.67. The van der Waals surface area contributed by atoms with Crippen molar-refractivity contribution in [1.82, 2.24) is 4.98 Å². The van der Waals surface area contributed by atoms with Crippen LogP contribution < -0.4 is 9.46 Å². The molecule has 0 saturated carbocycles. The molecule has 0 fully saturated rings. The summed E-state index contributed by atoms with van der Waals surface area (Å²) in [6.45, 7) is 0. The van der Waals surface area contributed by atoms with E-state index in [1.54, 1.807) is 6.07 Å². The molecule has 1 aromatic heterocycles. The van der Waals surface area contributed by atoms with E-state index in [4.69, 9.17) is 4.74 Å². The Labute approximate surface area is 159 Å². The number of benzene rings is 2. The molecule has 0 spiro atoms. The van der Waals surface area contributed by atoms with E-state index < -0.39 is 27.4 Å². The highest BCUT2D eigenvalue weighted by atomic mass is 32.2. The fourth-order valence-corrected chi connectivity index (χ4v) is 3.73. The van der Waals surface area contributed by atoms with Gasteiger partial charge in [-0.05, 0) is 36.4 Å². The number of aromatic nitrogens is 1. The van der Waals surface area contributed by atoms with Crippen LogP contribution in [0, 0.1) is 11.6 Å². The van der Waals surface area contributed by atoms with Gasteiger partial charge in [0.1, 0.15) is 22.3 Å². The Morgan fingerprint density at radius 3 is 2.39 bits per heavy atom. The third-order valence-electron chi connectivity index (χ3n) is 3.77. The molecule has 1 heterocycles. The van der Waals surface area contributed by atoms with Gasteiger partial charge in [-0.15, -0.1) is 0 Å². The lowest BCUT2D eigenvalue weighted by atomic mass is 10.0. The number of carbonyl (C=O) groups excluding carboxylic acids is 1. The van der Waals surface area contributed by atoms with Gasteiger partial charge in [0.25, 0.3) is 10.0 Å². The summed E-state index contributed by atoms with van der Waals surface area (Å²) in [4.78, 5) is 16.4. The average molecular weight is 404 g/mol. The first-order valence-corrected chi connectivity index (χ1v) is 9.42. The minimum Gasteiger partial charge on any atom is -0.495 e. The molecule has 0 atom stereocenters. The number of ether oxygens (including phenoxy) is 1. The maximum atomic E-state index is 13.4. The van der Waals surface area contributed by atoms with Gasteiger partial charge in [0.05, 0.1) is 12.7 Å². The second kappa shape index (κ2) is 7.73. The number of carbonyl (C=O) groups is 1. The maximum Gasteiger partial charge on any atom is 0.266 e. The number of para-hydroxylation sites is 1. The van der Waals surface area contributed by atoms with Gasteiger partial charge in [-0.3, -0.25) is 9.52 Å². The van der Waals surface area contributed by atoms with Crippen molar-refractivity contribution in [3.63, 3.8) is 0 Å². The van der Waals surface area contributed by atoms with Crippen molar-refractivity contribution in [3.05, 3.63) is 83.6 Å². The van der Waals surface area contributed by atoms with Gasteiger partial charge in [-0.1, -0.05) is 12.1 Å². The molecule has 9 heteroatoms. The molecule has 1 N–H and O–H groups in total. The van der Waals surface area contributed by atoms with Gasteiger partial charge in [-0.25, -0.2) is 22.2 Å². The van der Waals surface area contributed by atoms with E-state index in [0.717, 1.165) is 12.1 Å². The van der Waals surface area contributed by atoms with E-state index in [9.17, 15) is 22.0 Å². The van der Waals surface area contributed by atoms with Crippen LogP contribution in [0.5, 0.6) is 5.75 Å². The van der Waals surface area contributed by atoms with Gasteiger partial charge in [-0.2, -0.15) is 0 Å². The van der Waals surface area contributed by atoms with Crippen LogP contribution in [0.3, 0.4) is 0 Å². The summed E-state index contributed by atoms with van der Waals surface area (Å²) in [5.74, 6) is -2.81. The van der Waals surface area contributed by atoms with E-state index in [-0.39, 0.29) is 27.6 Å². The minimum atomic E-state index is -4.15. The van der Waals surface area contributed by atoms with E-state index in [1.807, 2.05) is 0 Å². The van der Waals surface area contributed by atoms with E-state index >= 15 is 0 Å². The van der Waals surface area contributed by atoms with Crippen LogP contribution in [0.15, 0.2) is 65.7 Å². The summed E-state index contributed by atoms with van der Waals surface area (Å²) < 4.78 is 59.7. The molecule has 144 valence electrons. The molecule has 0 bridgehead atoms. The number of methoxy groups -OCH3 is 1. The van der Waals surface area contributed by atoms with Crippen molar-refractivity contribution in [2.75, 3.05) is 11.8 Å². The maximum absolute atomic E-state index is 13.4. The predicted octanol–water partition coefficient (Wildman–Crippen LogP) is 3.40. The molecule has 0 unspecified atom stereocenters. The number of nitrogens with zero attached hydrogens (tertiary/aromatic N) is 1. The number of hydrogen-bond acceptors (Lipinski definition) is 5. The summed E-state index contributed by atoms with van der Waals surface area (Å²) in [5.41, 5.74) is -0.436. The third-order valence-corrected chi connectivity index (χ3v) is 5.15. The van der Waals surface area contributed by atoms with Gasteiger partial charge >= 0.3 is 0 Å². The Balaban J connectivity index is 2.02. The topological polar surface area (TPSA) is 85.4 Å². The molecule has 0 amide bonds. The minimum absolute atomic E-state index is 0.103. The number of nitrogens with one attached hydrogen (secondary N) is 1. The lowest BCUT2D eigenvalue weighted by Gasteiger charge is -2.13. The molecular formula is C19H14F2N2O4S. The SMILES string of the molecule is COc1ccccc1S(=O)(=O)Nc1ncccc1C(=O)c1cc(F)cc(F)c1. The van der Waals surface area contributed by atoms with Crippen molar-refractivity contribution in [2.24, 2.45) is 0 Å². The summed E-state index contributed by atoms with van der Waals surface area (Å²) in [5, 5.41) is 0. The summed E-state index contributed by atoms with van der Waals surface area (Å²) in [7, 11) is -2.83. The van der Waals surface area contributed by atoms with E-state index in [1.165, 1.54) is 43.6 Å². The zero-order valence-electron chi connectivity index (χ0n) is 14.5. The Hall–Kier alpha value is -3.33. The normalized spacial score (nSPS) is 11.1. The van der Waals surface area contributed by atoms with Crippen LogP contribution in [0.2, 0.25) is 0 Å². The van der Waals surface area contributed by atoms with Gasteiger partial charge in [0.2, 0.25) is 0 Å². The van der Waals surface area contributed by atoms with Gasteiger partial charge < -0.3 is 4.74 Å². The van der Waals surface area contributed by atoms with Crippen LogP contribution in [0.4, 0.5) is 14.6 Å². The summed E-state index contributed by atoms with van der Waals surface area (Å²) in [6.07, 6.45) is 1.28. The van der Waals surface area contributed by atoms with Crippen LogP contribution in [-0.2, 0) is 10.0 Å². The fourth-order valence-electron chi connectivity index (χ4n) is 2.53. The third kappa shape index (κ3) is 3.99. The largest absolute Gasteiger partial charge is 0.495 e. The Morgan fingerprint density at radius 2 is 1.71 bits per heavy atom. The molecule has 0 aliphatic carbocycles. The zero-order valence-corrected chi connectivity index (χ0v) is 15.3. The van der Waals surface area contributed by atoms with E-state index in [2.05, 4.69) is 9.71 Å². The molecule has 2 aromatic carbocycles. The molecule has 0 aliphatic heterocycles. The second-order valence-corrected chi connectivity index (χ2v) is 7.29. The summed E-state index contributed by atoms with van der Waals surface area (Å²) >= 11 is 0. The Kier molecular flexibility index (Phi) is 5.36. The molecular weight excluding hydrogens is 390 g/mol. The molecule has 0 radical (unpaired) electrons. The Morgan fingerprint density at radius 1 is 1.04 bits per heavy atom. The number of halogens is 2. The van der Waals surface area contributed by atoms with E-state index in [0.29, 0.717) is 6.07 Å². The van der Waals surface area contributed by atoms with Crippen molar-refractivity contribution in [2.45, 2.75) is 4.90 Å². The first kappa shape index (κ1) is 19.4. The van der Waals surface area contributed by atoms with Crippen molar-refractivity contribution < 1.29 is 26.7 Å². The quantitative estimate of drug-likeness (QED) is 0.637. The lowest BCUT2D eigenvalue weighted by Crippen LogP contribution is -2.18. The summed E-state index contributed by atoms with van der Waals surface area (Å²) in [6, 6.07) is 11.0. The van der Waals surface area contributed by atoms with Gasteiger partial charge in [0, 0.05) is 17.8 Å². The number of pyridine rings is 1. The molecule has 0 aliphatic rings. The van der Waals surface area contributed by atoms with Crippen molar-refractivity contribution in [1.29, 1.82) is 0 Å². The fraction of sp³-hybridized carbons (Fsp3) is 0.0526. The molecule has 3 rings (SSSR count). The highest BCUT2D eigenvalue weighted by Gasteiger charge is 2.23. The van der Waals surface area contributed by atoms with Crippen LogP contribution in [0.25, 0.3) is 0 Å². The van der Waals surface area contributed by atoms with Gasteiger partial charge in [0.15, 0.2) is 11.6 Å². The zero-order chi connectivity index (χ0) is 20.3. The highest BCUT2D eigenvalue weighted by molar-refractivity contribution is 7.92. The monoisotopic (exact) mass is 404 g/mol. The van der Waals surface area contributed by atoms with Crippen LogP contribution in [-0.4, -0.2) is 26.3 Å². The smallest absolute Gasteiger partial charge is 0.266 e. The number of sulfonamides is 1.